The second kappa shape index (κ2) is 8.25. The fraction of sp³-hybridized carbons (Fsp3) is 0.440. The Morgan fingerprint density at radius 1 is 0.968 bits per heavy atom. The summed E-state index contributed by atoms with van der Waals surface area (Å²) >= 11 is 0. The Labute approximate surface area is 182 Å². The van der Waals surface area contributed by atoms with E-state index >= 15 is 0 Å². The molecule has 0 aromatic heterocycles. The van der Waals surface area contributed by atoms with Gasteiger partial charge in [-0.3, -0.25) is 4.79 Å². The van der Waals surface area contributed by atoms with Gasteiger partial charge in [-0.1, -0.05) is 61.4 Å². The van der Waals surface area contributed by atoms with Crippen molar-refractivity contribution in [2.75, 3.05) is 11.9 Å². The van der Waals surface area contributed by atoms with E-state index in [1.165, 1.54) is 11.1 Å². The summed E-state index contributed by atoms with van der Waals surface area (Å²) in [5.41, 5.74) is 3.50. The number of amides is 2. The number of nitrogens with one attached hydrogen (secondary N) is 2. The van der Waals surface area contributed by atoms with E-state index in [1.807, 2.05) is 23.1 Å². The molecule has 0 bridgehead atoms. The quantitative estimate of drug-likeness (QED) is 0.681. The standard InChI is InChI=1S/C25H29N3O3/c29-24(18-11-5-7-13-21(18)27-25(30)31)28-15-14-19-22(16-8-2-1-3-9-16)26-20-12-6-4-10-17(20)23(19)28/h1-4,6,8-10,12,18-19,21-23,26-27H,5,7,11,13-15H2,(H,30,31)/t18-,19+,21+,22+,23+/m0/s1. The van der Waals surface area contributed by atoms with Crippen molar-refractivity contribution in [2.45, 2.75) is 50.2 Å². The number of hydrogen-bond acceptors (Lipinski definition) is 3. The highest BCUT2D eigenvalue weighted by Gasteiger charge is 2.48. The summed E-state index contributed by atoms with van der Waals surface area (Å²) in [5.74, 6) is 0.117. The van der Waals surface area contributed by atoms with Crippen LogP contribution in [0.15, 0.2) is 54.6 Å². The molecule has 5 atom stereocenters. The van der Waals surface area contributed by atoms with Crippen molar-refractivity contribution in [3.05, 3.63) is 65.7 Å². The molecule has 6 heteroatoms. The lowest BCUT2D eigenvalue weighted by molar-refractivity contribution is -0.138. The molecular formula is C25H29N3O3. The molecule has 2 aromatic carbocycles. The summed E-state index contributed by atoms with van der Waals surface area (Å²) in [7, 11) is 0. The molecule has 0 spiro atoms. The zero-order valence-corrected chi connectivity index (χ0v) is 17.5. The van der Waals surface area contributed by atoms with Gasteiger partial charge in [0.25, 0.3) is 0 Å². The Balaban J connectivity index is 1.48. The van der Waals surface area contributed by atoms with Crippen molar-refractivity contribution in [3.63, 3.8) is 0 Å². The van der Waals surface area contributed by atoms with Gasteiger partial charge in [0.1, 0.15) is 0 Å². The van der Waals surface area contributed by atoms with Gasteiger partial charge in [-0.15, -0.1) is 0 Å². The van der Waals surface area contributed by atoms with Gasteiger partial charge >= 0.3 is 6.09 Å². The van der Waals surface area contributed by atoms with E-state index in [9.17, 15) is 14.7 Å². The number of para-hydroxylation sites is 1. The van der Waals surface area contributed by atoms with Crippen molar-refractivity contribution in [1.29, 1.82) is 0 Å². The van der Waals surface area contributed by atoms with Crippen LogP contribution in [0.1, 0.15) is 55.3 Å². The lowest BCUT2D eigenvalue weighted by Crippen LogP contribution is -2.49. The van der Waals surface area contributed by atoms with E-state index in [4.69, 9.17) is 0 Å². The maximum atomic E-state index is 13.8. The average molecular weight is 420 g/mol. The predicted molar refractivity (Wildman–Crippen MR) is 119 cm³/mol. The fourth-order valence-electron chi connectivity index (χ4n) is 5.93. The SMILES string of the molecule is O=C(O)N[C@@H]1CCCC[C@@H]1C(=O)N1CC[C@@H]2[C@@H](c3ccccc3)Nc3ccccc3[C@H]21. The number of carbonyl (C=O) groups is 2. The van der Waals surface area contributed by atoms with E-state index in [1.54, 1.807) is 0 Å². The summed E-state index contributed by atoms with van der Waals surface area (Å²) in [5, 5.41) is 15.6. The third-order valence-corrected chi connectivity index (χ3v) is 7.30. The number of rotatable bonds is 3. The van der Waals surface area contributed by atoms with Crippen LogP contribution in [0.5, 0.6) is 0 Å². The zero-order chi connectivity index (χ0) is 21.4. The Morgan fingerprint density at radius 3 is 2.52 bits per heavy atom. The number of nitrogens with zero attached hydrogens (tertiary/aromatic N) is 1. The average Bonchev–Trinajstić information content (AvgIpc) is 3.24. The molecule has 2 heterocycles. The highest BCUT2D eigenvalue weighted by atomic mass is 16.4. The first-order valence-corrected chi connectivity index (χ1v) is 11.3. The molecule has 1 saturated carbocycles. The molecule has 31 heavy (non-hydrogen) atoms. The van der Waals surface area contributed by atoms with E-state index in [0.29, 0.717) is 6.54 Å². The molecule has 6 nitrogen and oxygen atoms in total. The van der Waals surface area contributed by atoms with Crippen molar-refractivity contribution < 1.29 is 14.7 Å². The van der Waals surface area contributed by atoms with Gasteiger partial charge in [0.2, 0.25) is 5.91 Å². The van der Waals surface area contributed by atoms with Crippen LogP contribution >= 0.6 is 0 Å². The third kappa shape index (κ3) is 3.64. The topological polar surface area (TPSA) is 81.7 Å². The maximum Gasteiger partial charge on any atom is 0.404 e. The van der Waals surface area contributed by atoms with Crippen LogP contribution in [-0.2, 0) is 4.79 Å². The zero-order valence-electron chi connectivity index (χ0n) is 17.5. The first-order valence-electron chi connectivity index (χ1n) is 11.3. The first-order chi connectivity index (χ1) is 15.1. The van der Waals surface area contributed by atoms with Crippen LogP contribution in [0.25, 0.3) is 0 Å². The summed E-state index contributed by atoms with van der Waals surface area (Å²) < 4.78 is 0. The molecule has 0 unspecified atom stereocenters. The van der Waals surface area contributed by atoms with Crippen molar-refractivity contribution in [3.8, 4) is 0 Å². The number of carbonyl (C=O) groups excluding carboxylic acids is 1. The minimum atomic E-state index is -1.04. The van der Waals surface area contributed by atoms with E-state index < -0.39 is 6.09 Å². The lowest BCUT2D eigenvalue weighted by atomic mass is 9.79. The number of hydrogen-bond donors (Lipinski definition) is 3. The minimum absolute atomic E-state index is 0.0163. The third-order valence-electron chi connectivity index (χ3n) is 7.30. The molecule has 1 saturated heterocycles. The van der Waals surface area contributed by atoms with Crippen LogP contribution in [0.4, 0.5) is 10.5 Å². The predicted octanol–water partition coefficient (Wildman–Crippen LogP) is 4.57. The normalized spacial score (nSPS) is 29.4. The summed E-state index contributed by atoms with van der Waals surface area (Å²) in [6.45, 7) is 0.712. The first kappa shape index (κ1) is 19.9. The van der Waals surface area contributed by atoms with Crippen LogP contribution < -0.4 is 10.6 Å². The molecule has 2 aromatic rings. The highest BCUT2D eigenvalue weighted by molar-refractivity contribution is 5.82. The largest absolute Gasteiger partial charge is 0.465 e. The minimum Gasteiger partial charge on any atom is -0.465 e. The molecule has 2 aliphatic heterocycles. The molecule has 1 aliphatic carbocycles. The molecule has 2 fully saturated rings. The van der Waals surface area contributed by atoms with Gasteiger partial charge in [0.15, 0.2) is 0 Å². The Bertz CT molecular complexity index is 963. The van der Waals surface area contributed by atoms with Gasteiger partial charge in [-0.05, 0) is 36.5 Å². The number of likely N-dealkylation sites (tertiary alicyclic amines) is 1. The Morgan fingerprint density at radius 2 is 1.71 bits per heavy atom. The second-order valence-electron chi connectivity index (χ2n) is 9.00. The summed E-state index contributed by atoms with van der Waals surface area (Å²) in [4.78, 5) is 27.1. The summed E-state index contributed by atoms with van der Waals surface area (Å²) in [6, 6.07) is 18.6. The van der Waals surface area contributed by atoms with Crippen molar-refractivity contribution in [1.82, 2.24) is 10.2 Å². The van der Waals surface area contributed by atoms with E-state index in [-0.39, 0.29) is 35.9 Å². The van der Waals surface area contributed by atoms with Crippen LogP contribution in [0.2, 0.25) is 0 Å². The Hall–Kier alpha value is -3.02. The molecule has 5 rings (SSSR count). The molecule has 0 radical (unpaired) electrons. The fourth-order valence-corrected chi connectivity index (χ4v) is 5.93. The van der Waals surface area contributed by atoms with Gasteiger partial charge in [-0.2, -0.15) is 0 Å². The molecule has 3 aliphatic rings. The number of anilines is 1. The molecular weight excluding hydrogens is 390 g/mol. The van der Waals surface area contributed by atoms with E-state index in [0.717, 1.165) is 37.8 Å². The lowest BCUT2D eigenvalue weighted by Gasteiger charge is -2.42. The van der Waals surface area contributed by atoms with Crippen LogP contribution in [-0.4, -0.2) is 34.6 Å². The maximum absolute atomic E-state index is 13.8. The monoisotopic (exact) mass is 419 g/mol. The van der Waals surface area contributed by atoms with Gasteiger partial charge in [0, 0.05) is 24.2 Å². The van der Waals surface area contributed by atoms with E-state index in [2.05, 4.69) is 47.0 Å². The van der Waals surface area contributed by atoms with Gasteiger partial charge in [0.05, 0.1) is 18.0 Å². The Kier molecular flexibility index (Phi) is 5.30. The number of benzene rings is 2. The van der Waals surface area contributed by atoms with Crippen LogP contribution in [0.3, 0.4) is 0 Å². The van der Waals surface area contributed by atoms with Crippen molar-refractivity contribution in [2.24, 2.45) is 11.8 Å². The molecule has 162 valence electrons. The highest BCUT2D eigenvalue weighted by Crippen LogP contribution is 2.51. The molecule has 3 N–H and O–H groups in total. The summed E-state index contributed by atoms with van der Waals surface area (Å²) in [6.07, 6.45) is 3.31. The second-order valence-corrected chi connectivity index (χ2v) is 9.00. The number of carboxylic acid groups (broad SMARTS) is 1. The smallest absolute Gasteiger partial charge is 0.404 e. The van der Waals surface area contributed by atoms with Gasteiger partial charge in [-0.25, -0.2) is 4.79 Å². The van der Waals surface area contributed by atoms with Crippen molar-refractivity contribution >= 4 is 17.7 Å². The van der Waals surface area contributed by atoms with Crippen LogP contribution in [0, 0.1) is 11.8 Å². The number of fused-ring (bicyclic) bond motifs is 3. The molecule has 2 amide bonds. The van der Waals surface area contributed by atoms with Gasteiger partial charge < -0.3 is 20.6 Å².